The predicted molar refractivity (Wildman–Crippen MR) is 94.6 cm³/mol. The van der Waals surface area contributed by atoms with Crippen molar-refractivity contribution in [2.45, 2.75) is 12.7 Å². The fourth-order valence-corrected chi connectivity index (χ4v) is 2.77. The van der Waals surface area contributed by atoms with Crippen molar-refractivity contribution in [3.05, 3.63) is 60.8 Å². The summed E-state index contributed by atoms with van der Waals surface area (Å²) in [7, 11) is 0. The number of hydrogen-bond acceptors (Lipinski definition) is 4. The number of aromatic nitrogens is 3. The van der Waals surface area contributed by atoms with Gasteiger partial charge in [0, 0.05) is 17.5 Å². The lowest BCUT2D eigenvalue weighted by Crippen LogP contribution is -2.19. The lowest BCUT2D eigenvalue weighted by molar-refractivity contribution is -0.140. The summed E-state index contributed by atoms with van der Waals surface area (Å²) in [6, 6.07) is 11.7. The Balaban J connectivity index is 2.32. The highest BCUT2D eigenvalue weighted by atomic mass is 19.4. The van der Waals surface area contributed by atoms with Crippen LogP contribution in [0.5, 0.6) is 0 Å². The summed E-state index contributed by atoms with van der Waals surface area (Å²) in [4.78, 5) is 7.83. The van der Waals surface area contributed by atoms with Crippen LogP contribution in [0, 0.1) is 0 Å². The van der Waals surface area contributed by atoms with Gasteiger partial charge in [-0.3, -0.25) is 0 Å². The van der Waals surface area contributed by atoms with Gasteiger partial charge in [0.1, 0.15) is 6.54 Å². The number of nitrogens with zero attached hydrogens (tertiary/aromatic N) is 3. The van der Waals surface area contributed by atoms with E-state index in [2.05, 4.69) is 16.5 Å². The minimum absolute atomic E-state index is 0.0309. The second-order valence-electron chi connectivity index (χ2n) is 5.68. The molecule has 0 radical (unpaired) electrons. The molecule has 1 aromatic carbocycles. The molecule has 0 unspecified atom stereocenters. The van der Waals surface area contributed by atoms with Gasteiger partial charge < -0.3 is 16.0 Å². The predicted octanol–water partition coefficient (Wildman–Crippen LogP) is 3.69. The third-order valence-electron chi connectivity index (χ3n) is 3.76. The molecule has 3 aromatic rings. The quantitative estimate of drug-likeness (QED) is 0.744. The zero-order valence-electron chi connectivity index (χ0n) is 13.7. The summed E-state index contributed by atoms with van der Waals surface area (Å²) in [5, 5.41) is 0. The van der Waals surface area contributed by atoms with Crippen molar-refractivity contribution in [2.75, 3.05) is 5.73 Å². The van der Waals surface area contributed by atoms with Crippen LogP contribution in [0.25, 0.3) is 28.3 Å². The van der Waals surface area contributed by atoms with Crippen LogP contribution in [0.2, 0.25) is 0 Å². The highest BCUT2D eigenvalue weighted by Crippen LogP contribution is 2.36. The minimum Gasteiger partial charge on any atom is -0.399 e. The van der Waals surface area contributed by atoms with Gasteiger partial charge in [-0.15, -0.1) is 0 Å². The van der Waals surface area contributed by atoms with Crippen molar-refractivity contribution in [3.8, 4) is 22.6 Å². The maximum Gasteiger partial charge on any atom is 0.406 e. The average Bonchev–Trinajstić information content (AvgIpc) is 2.93. The van der Waals surface area contributed by atoms with Gasteiger partial charge in [-0.2, -0.15) is 13.2 Å². The van der Waals surface area contributed by atoms with E-state index in [1.807, 2.05) is 0 Å². The van der Waals surface area contributed by atoms with Crippen molar-refractivity contribution < 1.29 is 13.2 Å². The lowest BCUT2D eigenvalue weighted by Gasteiger charge is -2.16. The van der Waals surface area contributed by atoms with E-state index in [1.54, 1.807) is 30.3 Å². The first kappa shape index (κ1) is 17.5. The Morgan fingerprint density at radius 2 is 1.85 bits per heavy atom. The van der Waals surface area contributed by atoms with Gasteiger partial charge in [-0.25, -0.2) is 9.97 Å². The molecule has 2 aromatic heterocycles. The van der Waals surface area contributed by atoms with Crippen molar-refractivity contribution in [1.82, 2.24) is 14.5 Å². The number of halogens is 3. The van der Waals surface area contributed by atoms with E-state index in [-0.39, 0.29) is 23.0 Å². The van der Waals surface area contributed by atoms with E-state index in [9.17, 15) is 13.2 Å². The van der Waals surface area contributed by atoms with Crippen molar-refractivity contribution in [3.63, 3.8) is 0 Å². The second kappa shape index (κ2) is 6.55. The van der Waals surface area contributed by atoms with Crippen LogP contribution in [0.15, 0.2) is 55.2 Å². The molecule has 0 saturated heterocycles. The molecule has 0 atom stereocenters. The monoisotopic (exact) mass is 359 g/mol. The van der Waals surface area contributed by atoms with Gasteiger partial charge in [-0.1, -0.05) is 36.9 Å². The molecule has 4 N–H and O–H groups in total. The van der Waals surface area contributed by atoms with Crippen LogP contribution in [0.4, 0.5) is 19.1 Å². The van der Waals surface area contributed by atoms with E-state index in [1.165, 1.54) is 18.3 Å². The SMILES string of the molecule is C=C(N)c1cc(-c2ccnc(N)n2)n(CC(F)(F)F)c1-c1ccccc1. The van der Waals surface area contributed by atoms with Gasteiger partial charge in [0.25, 0.3) is 0 Å². The Hall–Kier alpha value is -3.29. The van der Waals surface area contributed by atoms with Gasteiger partial charge in [0.05, 0.1) is 17.1 Å². The highest BCUT2D eigenvalue weighted by Gasteiger charge is 2.32. The topological polar surface area (TPSA) is 82.8 Å². The molecule has 2 heterocycles. The van der Waals surface area contributed by atoms with Crippen LogP contribution in [-0.2, 0) is 6.54 Å². The van der Waals surface area contributed by atoms with Gasteiger partial charge >= 0.3 is 6.18 Å². The molecule has 0 bridgehead atoms. The Morgan fingerprint density at radius 3 is 2.42 bits per heavy atom. The molecule has 5 nitrogen and oxygen atoms in total. The largest absolute Gasteiger partial charge is 0.406 e. The number of benzene rings is 1. The molecule has 0 amide bonds. The van der Waals surface area contributed by atoms with Crippen molar-refractivity contribution in [2.24, 2.45) is 5.73 Å². The van der Waals surface area contributed by atoms with E-state index >= 15 is 0 Å². The Labute approximate surface area is 147 Å². The van der Waals surface area contributed by atoms with E-state index in [4.69, 9.17) is 11.5 Å². The van der Waals surface area contributed by atoms with Gasteiger partial charge in [0.15, 0.2) is 0 Å². The molecule has 8 heteroatoms. The fourth-order valence-electron chi connectivity index (χ4n) is 2.77. The van der Waals surface area contributed by atoms with Crippen LogP contribution < -0.4 is 11.5 Å². The first-order chi connectivity index (χ1) is 12.3. The molecule has 0 fully saturated rings. The molecule has 0 spiro atoms. The normalized spacial score (nSPS) is 11.5. The molecule has 0 aliphatic rings. The number of nitrogen functional groups attached to an aromatic ring is 1. The molecule has 134 valence electrons. The van der Waals surface area contributed by atoms with Crippen LogP contribution in [0.3, 0.4) is 0 Å². The molecule has 3 rings (SSSR count). The zero-order valence-corrected chi connectivity index (χ0v) is 13.7. The Kier molecular flexibility index (Phi) is 4.41. The van der Waals surface area contributed by atoms with Crippen molar-refractivity contribution >= 4 is 11.6 Å². The van der Waals surface area contributed by atoms with E-state index in [0.29, 0.717) is 16.8 Å². The maximum atomic E-state index is 13.3. The van der Waals surface area contributed by atoms with E-state index < -0.39 is 12.7 Å². The second-order valence-corrected chi connectivity index (χ2v) is 5.68. The summed E-state index contributed by atoms with van der Waals surface area (Å²) >= 11 is 0. The minimum atomic E-state index is -4.44. The molecule has 0 aliphatic heterocycles. The van der Waals surface area contributed by atoms with E-state index in [0.717, 1.165) is 4.57 Å². The smallest absolute Gasteiger partial charge is 0.399 e. The zero-order chi connectivity index (χ0) is 18.9. The number of hydrogen-bond donors (Lipinski definition) is 2. The van der Waals surface area contributed by atoms with Crippen molar-refractivity contribution in [1.29, 1.82) is 0 Å². The van der Waals surface area contributed by atoms with Gasteiger partial charge in [-0.05, 0) is 17.7 Å². The maximum absolute atomic E-state index is 13.3. The lowest BCUT2D eigenvalue weighted by atomic mass is 10.1. The highest BCUT2D eigenvalue weighted by molar-refractivity contribution is 5.82. The third kappa shape index (κ3) is 3.53. The molecular formula is C18H16F3N5. The first-order valence-corrected chi connectivity index (χ1v) is 7.65. The Bertz CT molecular complexity index is 945. The summed E-state index contributed by atoms with van der Waals surface area (Å²) in [6.45, 7) is 2.49. The third-order valence-corrected chi connectivity index (χ3v) is 3.76. The molecule has 0 saturated carbocycles. The number of rotatable bonds is 4. The summed E-state index contributed by atoms with van der Waals surface area (Å²) in [6.07, 6.45) is -3.05. The number of nitrogens with two attached hydrogens (primary N) is 2. The first-order valence-electron chi connectivity index (χ1n) is 7.65. The Morgan fingerprint density at radius 1 is 1.15 bits per heavy atom. The average molecular weight is 359 g/mol. The summed E-state index contributed by atoms with van der Waals surface area (Å²) in [5.41, 5.74) is 13.4. The summed E-state index contributed by atoms with van der Waals surface area (Å²) < 4.78 is 41.0. The number of anilines is 1. The van der Waals surface area contributed by atoms with Gasteiger partial charge in [0.2, 0.25) is 5.95 Å². The fraction of sp³-hybridized carbons (Fsp3) is 0.111. The van der Waals surface area contributed by atoms with Crippen LogP contribution in [-0.4, -0.2) is 20.7 Å². The van der Waals surface area contributed by atoms with Crippen LogP contribution in [0.1, 0.15) is 5.56 Å². The molecule has 26 heavy (non-hydrogen) atoms. The molecular weight excluding hydrogens is 343 g/mol. The summed E-state index contributed by atoms with van der Waals surface area (Å²) in [5.74, 6) is -0.0309. The standard InChI is InChI=1S/C18H16F3N5/c1-11(22)13-9-15(14-7-8-24-17(23)25-14)26(10-18(19,20)21)16(13)12-5-3-2-4-6-12/h2-9H,1,10,22H2,(H2,23,24,25). The molecule has 0 aliphatic carbocycles. The van der Waals surface area contributed by atoms with Crippen LogP contribution >= 0.6 is 0 Å². The number of alkyl halides is 3.